The molecule has 0 aliphatic rings. The molecule has 2 heterocycles. The fraction of sp³-hybridized carbons (Fsp3) is 0.500. The monoisotopic (exact) mass is 297 g/mol. The van der Waals surface area contributed by atoms with E-state index in [9.17, 15) is 0 Å². The number of hydrogen-bond donors (Lipinski definition) is 2. The Hall–Kier alpha value is -1.21. The number of guanidine groups is 1. The van der Waals surface area contributed by atoms with Crippen LogP contribution in [0, 0.1) is 0 Å². The highest BCUT2D eigenvalue weighted by atomic mass is 32.2. The average molecular weight is 297 g/mol. The second-order valence-electron chi connectivity index (χ2n) is 3.94. The van der Waals surface area contributed by atoms with Gasteiger partial charge in [0.05, 0.1) is 12.2 Å². The lowest BCUT2D eigenvalue weighted by atomic mass is 10.5. The summed E-state index contributed by atoms with van der Waals surface area (Å²) in [6.07, 6.45) is 6.15. The molecule has 104 valence electrons. The molecular formula is C12H19N5S2. The van der Waals surface area contributed by atoms with Crippen molar-refractivity contribution < 1.29 is 0 Å². The first-order valence-electron chi connectivity index (χ1n) is 6.25. The molecule has 0 atom stereocenters. The van der Waals surface area contributed by atoms with Crippen LogP contribution in [0.4, 0.5) is 0 Å². The van der Waals surface area contributed by atoms with Crippen molar-refractivity contribution in [3.05, 3.63) is 23.5 Å². The van der Waals surface area contributed by atoms with Gasteiger partial charge in [-0.1, -0.05) is 0 Å². The van der Waals surface area contributed by atoms with E-state index in [0.29, 0.717) is 6.54 Å². The minimum absolute atomic E-state index is 0.600. The van der Waals surface area contributed by atoms with Crippen LogP contribution in [0.1, 0.15) is 12.6 Å². The van der Waals surface area contributed by atoms with Crippen LogP contribution < -0.4 is 10.6 Å². The van der Waals surface area contributed by atoms with Crippen molar-refractivity contribution in [3.63, 3.8) is 0 Å². The highest BCUT2D eigenvalue weighted by molar-refractivity contribution is 7.98. The lowest BCUT2D eigenvalue weighted by Gasteiger charge is -2.09. The van der Waals surface area contributed by atoms with Crippen molar-refractivity contribution in [2.75, 3.05) is 25.1 Å². The summed E-state index contributed by atoms with van der Waals surface area (Å²) in [6.45, 7) is 4.45. The summed E-state index contributed by atoms with van der Waals surface area (Å²) in [6, 6.07) is 0. The van der Waals surface area contributed by atoms with E-state index in [0.717, 1.165) is 35.5 Å². The lowest BCUT2D eigenvalue weighted by Crippen LogP contribution is -2.38. The number of aliphatic imine (C=N–C) groups is 1. The summed E-state index contributed by atoms with van der Waals surface area (Å²) in [7, 11) is 0. The quantitative estimate of drug-likeness (QED) is 0.485. The summed E-state index contributed by atoms with van der Waals surface area (Å²) in [4.78, 5) is 10.1. The van der Waals surface area contributed by atoms with Gasteiger partial charge in [0.25, 0.3) is 0 Å². The number of aromatic nitrogens is 2. The van der Waals surface area contributed by atoms with E-state index >= 15 is 0 Å². The summed E-state index contributed by atoms with van der Waals surface area (Å²) < 4.78 is 2.03. The number of rotatable bonds is 6. The molecule has 2 aromatic rings. The average Bonchev–Trinajstić information content (AvgIpc) is 2.96. The third kappa shape index (κ3) is 4.14. The Morgan fingerprint density at radius 1 is 1.53 bits per heavy atom. The Morgan fingerprint density at radius 3 is 3.16 bits per heavy atom. The summed E-state index contributed by atoms with van der Waals surface area (Å²) in [5.74, 6) is 1.93. The first-order chi connectivity index (χ1) is 9.33. The Balaban J connectivity index is 1.94. The number of thiazole rings is 1. The molecule has 0 fully saturated rings. The molecule has 0 amide bonds. The van der Waals surface area contributed by atoms with Gasteiger partial charge in [-0.25, -0.2) is 9.98 Å². The third-order valence-corrected chi connectivity index (χ3v) is 3.87. The highest BCUT2D eigenvalue weighted by Crippen LogP contribution is 2.11. The number of nitrogens with zero attached hydrogens (tertiary/aromatic N) is 3. The summed E-state index contributed by atoms with van der Waals surface area (Å²) in [5, 5.41) is 8.57. The minimum atomic E-state index is 0.600. The number of imidazole rings is 1. The van der Waals surface area contributed by atoms with Crippen LogP contribution >= 0.6 is 23.1 Å². The highest BCUT2D eigenvalue weighted by Gasteiger charge is 2.02. The normalized spacial score (nSPS) is 12.0. The summed E-state index contributed by atoms with van der Waals surface area (Å²) >= 11 is 3.46. The van der Waals surface area contributed by atoms with Crippen molar-refractivity contribution >= 4 is 34.0 Å². The second-order valence-corrected chi connectivity index (χ2v) is 5.80. The molecule has 0 bridgehead atoms. The minimum Gasteiger partial charge on any atom is -0.357 e. The van der Waals surface area contributed by atoms with Crippen molar-refractivity contribution in [2.45, 2.75) is 13.5 Å². The van der Waals surface area contributed by atoms with E-state index < -0.39 is 0 Å². The van der Waals surface area contributed by atoms with E-state index in [-0.39, 0.29) is 0 Å². The van der Waals surface area contributed by atoms with E-state index in [4.69, 9.17) is 0 Å². The van der Waals surface area contributed by atoms with Gasteiger partial charge in [-0.15, -0.1) is 11.3 Å². The zero-order valence-corrected chi connectivity index (χ0v) is 12.9. The van der Waals surface area contributed by atoms with Crippen LogP contribution in [0.15, 0.2) is 22.8 Å². The van der Waals surface area contributed by atoms with Gasteiger partial charge >= 0.3 is 0 Å². The predicted octanol–water partition coefficient (Wildman–Crippen LogP) is 1.81. The van der Waals surface area contributed by atoms with Crippen molar-refractivity contribution in [1.29, 1.82) is 0 Å². The fourth-order valence-electron chi connectivity index (χ4n) is 1.63. The fourth-order valence-corrected chi connectivity index (χ4v) is 2.65. The second kappa shape index (κ2) is 7.40. The molecule has 19 heavy (non-hydrogen) atoms. The standard InChI is InChI=1S/C12H19N5S2/c1-3-13-11(14-4-6-18-2)15-8-10-9-17-5-7-19-12(17)16-10/h5,7,9H,3-4,6,8H2,1-2H3,(H2,13,14,15). The molecular weight excluding hydrogens is 278 g/mol. The molecule has 2 aromatic heterocycles. The molecule has 0 aliphatic carbocycles. The van der Waals surface area contributed by atoms with Gasteiger partial charge in [-0.05, 0) is 13.2 Å². The molecule has 5 nitrogen and oxygen atoms in total. The van der Waals surface area contributed by atoms with Crippen molar-refractivity contribution in [2.24, 2.45) is 4.99 Å². The van der Waals surface area contributed by atoms with Crippen LogP contribution in [-0.4, -0.2) is 40.4 Å². The summed E-state index contributed by atoms with van der Waals surface area (Å²) in [5.41, 5.74) is 0.994. The predicted molar refractivity (Wildman–Crippen MR) is 84.3 cm³/mol. The maximum Gasteiger partial charge on any atom is 0.193 e. The van der Waals surface area contributed by atoms with Crippen LogP contribution in [-0.2, 0) is 6.54 Å². The molecule has 0 saturated heterocycles. The Bertz CT molecular complexity index is 502. The molecule has 7 heteroatoms. The van der Waals surface area contributed by atoms with Crippen LogP contribution in [0.3, 0.4) is 0 Å². The van der Waals surface area contributed by atoms with Gasteiger partial charge in [0.2, 0.25) is 0 Å². The molecule has 0 radical (unpaired) electrons. The number of thioether (sulfide) groups is 1. The third-order valence-electron chi connectivity index (χ3n) is 2.49. The maximum absolute atomic E-state index is 4.54. The van der Waals surface area contributed by atoms with Gasteiger partial charge in [0, 0.05) is 36.6 Å². The number of nitrogens with one attached hydrogen (secondary N) is 2. The van der Waals surface area contributed by atoms with E-state index in [1.54, 1.807) is 11.3 Å². The molecule has 0 aromatic carbocycles. The Labute approximate surface area is 121 Å². The number of fused-ring (bicyclic) bond motifs is 1. The maximum atomic E-state index is 4.54. The van der Waals surface area contributed by atoms with Crippen molar-refractivity contribution in [3.8, 4) is 0 Å². The van der Waals surface area contributed by atoms with Gasteiger partial charge in [-0.2, -0.15) is 11.8 Å². The molecule has 0 saturated carbocycles. The van der Waals surface area contributed by atoms with Crippen LogP contribution in [0.25, 0.3) is 4.96 Å². The van der Waals surface area contributed by atoms with Crippen molar-refractivity contribution in [1.82, 2.24) is 20.0 Å². The Kier molecular flexibility index (Phi) is 5.53. The first kappa shape index (κ1) is 14.2. The zero-order valence-electron chi connectivity index (χ0n) is 11.2. The van der Waals surface area contributed by atoms with E-state index in [1.807, 2.05) is 33.9 Å². The van der Waals surface area contributed by atoms with Gasteiger partial charge in [-0.3, -0.25) is 4.40 Å². The van der Waals surface area contributed by atoms with E-state index in [2.05, 4.69) is 33.8 Å². The molecule has 0 aliphatic heterocycles. The smallest absolute Gasteiger partial charge is 0.193 e. The van der Waals surface area contributed by atoms with Crippen LogP contribution in [0.5, 0.6) is 0 Å². The SMILES string of the molecule is CCNC(=NCc1cn2ccsc2n1)NCCSC. The number of hydrogen-bond acceptors (Lipinski definition) is 4. The zero-order chi connectivity index (χ0) is 13.5. The van der Waals surface area contributed by atoms with Gasteiger partial charge < -0.3 is 10.6 Å². The topological polar surface area (TPSA) is 53.7 Å². The molecule has 2 rings (SSSR count). The van der Waals surface area contributed by atoms with Crippen LogP contribution in [0.2, 0.25) is 0 Å². The lowest BCUT2D eigenvalue weighted by molar-refractivity contribution is 0.839. The molecule has 0 spiro atoms. The van der Waals surface area contributed by atoms with E-state index in [1.165, 1.54) is 0 Å². The largest absolute Gasteiger partial charge is 0.357 e. The molecule has 0 unspecified atom stereocenters. The first-order valence-corrected chi connectivity index (χ1v) is 8.53. The van der Waals surface area contributed by atoms with Gasteiger partial charge in [0.1, 0.15) is 0 Å². The Morgan fingerprint density at radius 2 is 2.42 bits per heavy atom. The molecule has 2 N–H and O–H groups in total. The van der Waals surface area contributed by atoms with Gasteiger partial charge in [0.15, 0.2) is 10.9 Å².